The molecule has 2 aliphatic carbocycles. The van der Waals surface area contributed by atoms with Crippen LogP contribution in [-0.2, 0) is 0 Å². The van der Waals surface area contributed by atoms with Crippen LogP contribution >= 0.6 is 12.2 Å². The average Bonchev–Trinajstić information content (AvgIpc) is 3.02. The molecule has 2 saturated carbocycles. The van der Waals surface area contributed by atoms with Gasteiger partial charge in [0.05, 0.1) is 5.52 Å². The molecule has 94 valence electrons. The third-order valence-electron chi connectivity index (χ3n) is 4.85. The van der Waals surface area contributed by atoms with Gasteiger partial charge in [-0.1, -0.05) is 6.42 Å². The minimum atomic E-state index is 0.583. The van der Waals surface area contributed by atoms with Crippen LogP contribution in [0.1, 0.15) is 37.3 Å². The van der Waals surface area contributed by atoms with Crippen LogP contribution in [0, 0.1) is 23.5 Å². The van der Waals surface area contributed by atoms with Crippen LogP contribution in [0.4, 0.5) is 0 Å². The van der Waals surface area contributed by atoms with Crippen molar-refractivity contribution in [2.24, 2.45) is 11.8 Å². The minimum absolute atomic E-state index is 0.583. The van der Waals surface area contributed by atoms with Crippen LogP contribution in [0.5, 0.6) is 0 Å². The summed E-state index contributed by atoms with van der Waals surface area (Å²) in [6.45, 7) is 2.11. The second-order valence-electron chi connectivity index (χ2n) is 5.87. The molecule has 2 bridgehead atoms. The highest BCUT2D eigenvalue weighted by atomic mass is 32.1. The van der Waals surface area contributed by atoms with Crippen molar-refractivity contribution in [1.82, 2.24) is 14.5 Å². The number of hydrogen-bond donors (Lipinski definition) is 1. The number of rotatable bonds is 1. The molecule has 0 radical (unpaired) electrons. The molecule has 2 heterocycles. The molecule has 3 atom stereocenters. The van der Waals surface area contributed by atoms with Crippen molar-refractivity contribution in [2.45, 2.75) is 38.6 Å². The Morgan fingerprint density at radius 3 is 3.00 bits per heavy atom. The van der Waals surface area contributed by atoms with Crippen LogP contribution in [0.25, 0.3) is 11.2 Å². The molecule has 1 N–H and O–H groups in total. The molecule has 0 aliphatic heterocycles. The Labute approximate surface area is 111 Å². The second kappa shape index (κ2) is 3.67. The summed E-state index contributed by atoms with van der Waals surface area (Å²) in [6, 6.07) is 2.62. The first-order valence-electron chi connectivity index (χ1n) is 6.80. The topological polar surface area (TPSA) is 33.6 Å². The summed E-state index contributed by atoms with van der Waals surface area (Å²) < 4.78 is 3.14. The number of H-pyrrole nitrogens is 1. The number of nitrogens with one attached hydrogen (secondary N) is 1. The number of aromatic nitrogens is 3. The summed E-state index contributed by atoms with van der Waals surface area (Å²) >= 11 is 5.53. The van der Waals surface area contributed by atoms with E-state index in [0.717, 1.165) is 27.8 Å². The summed E-state index contributed by atoms with van der Waals surface area (Å²) in [4.78, 5) is 7.90. The number of hydrogen-bond acceptors (Lipinski definition) is 2. The molecule has 0 spiro atoms. The molecule has 0 aromatic carbocycles. The predicted octanol–water partition coefficient (Wildman–Crippen LogP) is 3.76. The van der Waals surface area contributed by atoms with E-state index in [1.165, 1.54) is 31.2 Å². The van der Waals surface area contributed by atoms with Crippen molar-refractivity contribution in [3.05, 3.63) is 22.6 Å². The van der Waals surface area contributed by atoms with Gasteiger partial charge in [-0.3, -0.25) is 4.57 Å². The van der Waals surface area contributed by atoms with Gasteiger partial charge in [0.1, 0.15) is 0 Å². The fraction of sp³-hybridized carbons (Fsp3) is 0.571. The van der Waals surface area contributed by atoms with Crippen molar-refractivity contribution < 1.29 is 0 Å². The van der Waals surface area contributed by atoms with Crippen LogP contribution in [0.2, 0.25) is 0 Å². The standard InChI is InChI=1S/C14H17N3S/c1-8-4-5-15-13-12(8)16-14(18)17(13)11-7-9-2-3-10(11)6-9/h4-5,9-11H,2-3,6-7H2,1H3,(H,16,18). The van der Waals surface area contributed by atoms with Crippen LogP contribution in [-0.4, -0.2) is 14.5 Å². The Hall–Kier alpha value is -1.16. The van der Waals surface area contributed by atoms with Crippen LogP contribution in [0.15, 0.2) is 12.3 Å². The van der Waals surface area contributed by atoms with E-state index in [-0.39, 0.29) is 0 Å². The Kier molecular flexibility index (Phi) is 2.19. The maximum atomic E-state index is 5.53. The van der Waals surface area contributed by atoms with Crippen molar-refractivity contribution >= 4 is 23.4 Å². The number of pyridine rings is 1. The lowest BCUT2D eigenvalue weighted by atomic mass is 9.95. The van der Waals surface area contributed by atoms with Gasteiger partial charge < -0.3 is 4.98 Å². The van der Waals surface area contributed by atoms with E-state index in [0.29, 0.717) is 6.04 Å². The van der Waals surface area contributed by atoms with Gasteiger partial charge in [-0.25, -0.2) is 4.98 Å². The number of nitrogens with zero attached hydrogens (tertiary/aromatic N) is 2. The van der Waals surface area contributed by atoms with Gasteiger partial charge >= 0.3 is 0 Å². The van der Waals surface area contributed by atoms with E-state index in [1.54, 1.807) is 0 Å². The normalized spacial score (nSPS) is 30.4. The van der Waals surface area contributed by atoms with Gasteiger partial charge in [0.25, 0.3) is 0 Å². The number of aromatic amines is 1. The van der Waals surface area contributed by atoms with Gasteiger partial charge in [0.2, 0.25) is 0 Å². The number of fused-ring (bicyclic) bond motifs is 3. The zero-order valence-corrected chi connectivity index (χ0v) is 11.3. The molecule has 18 heavy (non-hydrogen) atoms. The van der Waals surface area contributed by atoms with Crippen molar-refractivity contribution in [2.75, 3.05) is 0 Å². The van der Waals surface area contributed by atoms with Crippen molar-refractivity contribution in [3.63, 3.8) is 0 Å². The summed E-state index contributed by atoms with van der Waals surface area (Å²) in [7, 11) is 0. The fourth-order valence-corrected chi connectivity index (χ4v) is 4.30. The second-order valence-corrected chi connectivity index (χ2v) is 6.26. The molecular weight excluding hydrogens is 242 g/mol. The monoisotopic (exact) mass is 259 g/mol. The lowest BCUT2D eigenvalue weighted by Crippen LogP contribution is -2.16. The van der Waals surface area contributed by atoms with E-state index in [1.807, 2.05) is 12.3 Å². The Morgan fingerprint density at radius 2 is 2.28 bits per heavy atom. The third kappa shape index (κ3) is 1.35. The van der Waals surface area contributed by atoms with Crippen molar-refractivity contribution in [1.29, 1.82) is 0 Å². The van der Waals surface area contributed by atoms with E-state index in [2.05, 4.69) is 21.5 Å². The van der Waals surface area contributed by atoms with Crippen LogP contribution < -0.4 is 0 Å². The summed E-state index contributed by atoms with van der Waals surface area (Å²) in [5.74, 6) is 1.75. The summed E-state index contributed by atoms with van der Waals surface area (Å²) in [5.41, 5.74) is 3.40. The third-order valence-corrected chi connectivity index (χ3v) is 5.15. The SMILES string of the molecule is Cc1ccnc2c1[nH]c(=S)n2C1CC2CCC1C2. The van der Waals surface area contributed by atoms with Gasteiger partial charge in [-0.2, -0.15) is 0 Å². The van der Waals surface area contributed by atoms with E-state index < -0.39 is 0 Å². The Balaban J connectivity index is 1.92. The van der Waals surface area contributed by atoms with Gasteiger partial charge in [-0.05, 0) is 61.9 Å². The van der Waals surface area contributed by atoms with Crippen molar-refractivity contribution in [3.8, 4) is 0 Å². The number of aryl methyl sites for hydroxylation is 1. The first kappa shape index (κ1) is 10.7. The fourth-order valence-electron chi connectivity index (χ4n) is 3.98. The molecule has 2 aromatic heterocycles. The summed E-state index contributed by atoms with van der Waals surface area (Å²) in [6.07, 6.45) is 7.37. The average molecular weight is 259 g/mol. The Bertz CT molecular complexity index is 669. The molecule has 2 fully saturated rings. The Morgan fingerprint density at radius 1 is 1.39 bits per heavy atom. The lowest BCUT2D eigenvalue weighted by molar-refractivity contribution is 0.332. The molecule has 4 heteroatoms. The molecular formula is C14H17N3S. The highest BCUT2D eigenvalue weighted by Gasteiger charge is 2.41. The summed E-state index contributed by atoms with van der Waals surface area (Å²) in [5, 5.41) is 0. The first-order chi connectivity index (χ1) is 8.74. The molecule has 2 aromatic rings. The zero-order chi connectivity index (χ0) is 12.3. The maximum absolute atomic E-state index is 5.53. The zero-order valence-electron chi connectivity index (χ0n) is 10.5. The molecule has 0 saturated heterocycles. The quantitative estimate of drug-likeness (QED) is 0.791. The van der Waals surface area contributed by atoms with Gasteiger partial charge in [0, 0.05) is 12.2 Å². The lowest BCUT2D eigenvalue weighted by Gasteiger charge is -2.23. The van der Waals surface area contributed by atoms with Gasteiger partial charge in [-0.15, -0.1) is 0 Å². The van der Waals surface area contributed by atoms with Crippen LogP contribution in [0.3, 0.4) is 0 Å². The molecule has 2 aliphatic rings. The smallest absolute Gasteiger partial charge is 0.179 e. The molecule has 0 amide bonds. The highest BCUT2D eigenvalue weighted by molar-refractivity contribution is 7.71. The van der Waals surface area contributed by atoms with Gasteiger partial charge in [0.15, 0.2) is 10.4 Å². The maximum Gasteiger partial charge on any atom is 0.179 e. The molecule has 4 rings (SSSR count). The largest absolute Gasteiger partial charge is 0.329 e. The van der Waals surface area contributed by atoms with E-state index in [4.69, 9.17) is 12.2 Å². The highest BCUT2D eigenvalue weighted by Crippen LogP contribution is 2.51. The molecule has 3 nitrogen and oxygen atoms in total. The first-order valence-corrected chi connectivity index (χ1v) is 7.20. The molecule has 3 unspecified atom stereocenters. The van der Waals surface area contributed by atoms with E-state index in [9.17, 15) is 0 Å². The predicted molar refractivity (Wildman–Crippen MR) is 74.1 cm³/mol. The number of imidazole rings is 1. The van der Waals surface area contributed by atoms with E-state index >= 15 is 0 Å². The minimum Gasteiger partial charge on any atom is -0.329 e.